The largest absolute Gasteiger partial charge is 0.467 e. The molecule has 21 heavy (non-hydrogen) atoms. The van der Waals surface area contributed by atoms with Crippen molar-refractivity contribution >= 4 is 18.0 Å². The molecule has 3 atom stereocenters. The molecular formula is C14H24N2O5. The minimum absolute atomic E-state index is 0.0716. The van der Waals surface area contributed by atoms with Gasteiger partial charge in [-0.3, -0.25) is 4.79 Å². The summed E-state index contributed by atoms with van der Waals surface area (Å²) in [7, 11) is 1.24. The minimum Gasteiger partial charge on any atom is -0.467 e. The van der Waals surface area contributed by atoms with Crippen LogP contribution in [0, 0.1) is 5.92 Å². The molecule has 1 heterocycles. The first-order valence-corrected chi connectivity index (χ1v) is 7.00. The van der Waals surface area contributed by atoms with Gasteiger partial charge >= 0.3 is 12.1 Å². The van der Waals surface area contributed by atoms with Crippen molar-refractivity contribution in [3.05, 3.63) is 0 Å². The van der Waals surface area contributed by atoms with Crippen molar-refractivity contribution < 1.29 is 23.9 Å². The third kappa shape index (κ3) is 5.61. The van der Waals surface area contributed by atoms with Gasteiger partial charge in [-0.25, -0.2) is 9.59 Å². The molecule has 0 aromatic carbocycles. The second kappa shape index (κ2) is 6.78. The lowest BCUT2D eigenvalue weighted by atomic mass is 9.97. The molecule has 2 N–H and O–H groups in total. The molecule has 120 valence electrons. The number of nitrogens with one attached hydrogen (secondary N) is 2. The lowest BCUT2D eigenvalue weighted by Crippen LogP contribution is -2.45. The molecule has 1 aliphatic rings. The van der Waals surface area contributed by atoms with Crippen molar-refractivity contribution in [3.63, 3.8) is 0 Å². The van der Waals surface area contributed by atoms with Crippen LogP contribution in [0.5, 0.6) is 0 Å². The minimum atomic E-state index is -0.897. The Morgan fingerprint density at radius 1 is 1.43 bits per heavy atom. The van der Waals surface area contributed by atoms with Gasteiger partial charge in [-0.05, 0) is 40.5 Å². The van der Waals surface area contributed by atoms with Crippen LogP contribution < -0.4 is 10.6 Å². The molecule has 2 unspecified atom stereocenters. The van der Waals surface area contributed by atoms with Gasteiger partial charge in [-0.1, -0.05) is 0 Å². The normalized spacial score (nSPS) is 23.2. The molecule has 7 nitrogen and oxygen atoms in total. The highest BCUT2D eigenvalue weighted by Crippen LogP contribution is 2.21. The maximum atomic E-state index is 11.8. The number of amides is 2. The SMILES string of the molecule is COC(=O)[C@H](CC1CC(C)NC1=O)NC(=O)OC(C)(C)C. The molecule has 0 bridgehead atoms. The molecule has 0 saturated carbocycles. The van der Waals surface area contributed by atoms with Crippen molar-refractivity contribution in [1.82, 2.24) is 10.6 Å². The monoisotopic (exact) mass is 300 g/mol. The Labute approximate surface area is 124 Å². The van der Waals surface area contributed by atoms with E-state index in [-0.39, 0.29) is 24.3 Å². The van der Waals surface area contributed by atoms with Crippen LogP contribution in [0.2, 0.25) is 0 Å². The number of carbonyl (C=O) groups excluding carboxylic acids is 3. The van der Waals surface area contributed by atoms with Gasteiger partial charge in [0.1, 0.15) is 11.6 Å². The topological polar surface area (TPSA) is 93.7 Å². The number of ether oxygens (including phenoxy) is 2. The summed E-state index contributed by atoms with van der Waals surface area (Å²) in [5, 5.41) is 5.26. The Balaban J connectivity index is 2.66. The summed E-state index contributed by atoms with van der Waals surface area (Å²) < 4.78 is 9.79. The number of methoxy groups -OCH3 is 1. The second-order valence-electron chi connectivity index (χ2n) is 6.30. The van der Waals surface area contributed by atoms with Crippen LogP contribution in [-0.4, -0.2) is 42.8 Å². The summed E-state index contributed by atoms with van der Waals surface area (Å²) >= 11 is 0. The molecule has 1 fully saturated rings. The van der Waals surface area contributed by atoms with E-state index in [1.54, 1.807) is 20.8 Å². The summed E-state index contributed by atoms with van der Waals surface area (Å²) in [5.74, 6) is -1.02. The summed E-state index contributed by atoms with van der Waals surface area (Å²) in [6, 6.07) is -0.826. The molecular weight excluding hydrogens is 276 g/mol. The lowest BCUT2D eigenvalue weighted by molar-refractivity contribution is -0.143. The first kappa shape index (κ1) is 17.3. The van der Waals surface area contributed by atoms with Gasteiger partial charge in [-0.2, -0.15) is 0 Å². The third-order valence-corrected chi connectivity index (χ3v) is 3.09. The van der Waals surface area contributed by atoms with Crippen LogP contribution >= 0.6 is 0 Å². The number of carbonyl (C=O) groups is 3. The molecule has 1 aliphatic heterocycles. The fraction of sp³-hybridized carbons (Fsp3) is 0.786. The van der Waals surface area contributed by atoms with Crippen LogP contribution in [0.15, 0.2) is 0 Å². The van der Waals surface area contributed by atoms with Gasteiger partial charge in [0.2, 0.25) is 5.91 Å². The molecule has 1 saturated heterocycles. The average Bonchev–Trinajstić information content (AvgIpc) is 2.63. The van der Waals surface area contributed by atoms with Crippen molar-refractivity contribution in [2.45, 2.75) is 58.2 Å². The zero-order valence-corrected chi connectivity index (χ0v) is 13.2. The van der Waals surface area contributed by atoms with Crippen LogP contribution in [0.4, 0.5) is 4.79 Å². The van der Waals surface area contributed by atoms with Crippen molar-refractivity contribution in [1.29, 1.82) is 0 Å². The Morgan fingerprint density at radius 3 is 2.48 bits per heavy atom. The summed E-state index contributed by atoms with van der Waals surface area (Å²) in [6.07, 6.45) is 0.120. The van der Waals surface area contributed by atoms with Crippen molar-refractivity contribution in [2.24, 2.45) is 5.92 Å². The number of hydrogen-bond acceptors (Lipinski definition) is 5. The van der Waals surface area contributed by atoms with Crippen molar-refractivity contribution in [3.8, 4) is 0 Å². The van der Waals surface area contributed by atoms with E-state index < -0.39 is 23.7 Å². The molecule has 2 amide bonds. The first-order chi connectivity index (χ1) is 9.62. The number of hydrogen-bond donors (Lipinski definition) is 2. The first-order valence-electron chi connectivity index (χ1n) is 7.00. The maximum absolute atomic E-state index is 11.8. The zero-order chi connectivity index (χ0) is 16.2. The molecule has 7 heteroatoms. The number of rotatable bonds is 4. The third-order valence-electron chi connectivity index (χ3n) is 3.09. The van der Waals surface area contributed by atoms with E-state index in [2.05, 4.69) is 15.4 Å². The Kier molecular flexibility index (Phi) is 5.57. The maximum Gasteiger partial charge on any atom is 0.408 e. The predicted octanol–water partition coefficient (Wildman–Crippen LogP) is 0.967. The standard InChI is InChI=1S/C14H24N2O5/c1-8-6-9(11(17)15-8)7-10(12(18)20-5)16-13(19)21-14(2,3)4/h8-10H,6-7H2,1-5H3,(H,15,17)(H,16,19)/t8?,9?,10-/m0/s1. The lowest BCUT2D eigenvalue weighted by Gasteiger charge is -2.23. The zero-order valence-electron chi connectivity index (χ0n) is 13.2. The van der Waals surface area contributed by atoms with Gasteiger partial charge in [-0.15, -0.1) is 0 Å². The predicted molar refractivity (Wildman–Crippen MR) is 75.5 cm³/mol. The number of alkyl carbamates (subject to hydrolysis) is 1. The summed E-state index contributed by atoms with van der Waals surface area (Å²) in [4.78, 5) is 35.3. The van der Waals surface area contributed by atoms with Gasteiger partial charge < -0.3 is 20.1 Å². The highest BCUT2D eigenvalue weighted by atomic mass is 16.6. The number of esters is 1. The fourth-order valence-electron chi connectivity index (χ4n) is 2.25. The van der Waals surface area contributed by atoms with Crippen LogP contribution in [-0.2, 0) is 19.1 Å². The van der Waals surface area contributed by atoms with Crippen LogP contribution in [0.25, 0.3) is 0 Å². The Hall–Kier alpha value is -1.79. The fourth-order valence-corrected chi connectivity index (χ4v) is 2.25. The molecule has 0 radical (unpaired) electrons. The van der Waals surface area contributed by atoms with E-state index in [4.69, 9.17) is 4.74 Å². The summed E-state index contributed by atoms with van der Waals surface area (Å²) in [6.45, 7) is 7.08. The van der Waals surface area contributed by atoms with Gasteiger partial charge in [0.05, 0.1) is 7.11 Å². The molecule has 0 aromatic rings. The molecule has 0 spiro atoms. The average molecular weight is 300 g/mol. The van der Waals surface area contributed by atoms with E-state index in [9.17, 15) is 14.4 Å². The highest BCUT2D eigenvalue weighted by Gasteiger charge is 2.35. The highest BCUT2D eigenvalue weighted by molar-refractivity contribution is 5.84. The van der Waals surface area contributed by atoms with Crippen molar-refractivity contribution in [2.75, 3.05) is 7.11 Å². The van der Waals surface area contributed by atoms with E-state index >= 15 is 0 Å². The Morgan fingerprint density at radius 2 is 2.05 bits per heavy atom. The smallest absolute Gasteiger partial charge is 0.408 e. The van der Waals surface area contributed by atoms with E-state index in [1.807, 2.05) is 6.92 Å². The van der Waals surface area contributed by atoms with E-state index in [0.29, 0.717) is 6.42 Å². The van der Waals surface area contributed by atoms with Gasteiger partial charge in [0, 0.05) is 12.0 Å². The molecule has 0 aliphatic carbocycles. The van der Waals surface area contributed by atoms with E-state index in [0.717, 1.165) is 0 Å². The van der Waals surface area contributed by atoms with Crippen LogP contribution in [0.3, 0.4) is 0 Å². The van der Waals surface area contributed by atoms with Gasteiger partial charge in [0.15, 0.2) is 0 Å². The molecule has 1 rings (SSSR count). The van der Waals surface area contributed by atoms with E-state index in [1.165, 1.54) is 7.11 Å². The Bertz CT molecular complexity index is 416. The summed E-state index contributed by atoms with van der Waals surface area (Å²) in [5.41, 5.74) is -0.663. The quantitative estimate of drug-likeness (QED) is 0.754. The second-order valence-corrected chi connectivity index (χ2v) is 6.30. The van der Waals surface area contributed by atoms with Gasteiger partial charge in [0.25, 0.3) is 0 Å². The molecule has 0 aromatic heterocycles. The van der Waals surface area contributed by atoms with Crippen LogP contribution in [0.1, 0.15) is 40.5 Å².